The van der Waals surface area contributed by atoms with Crippen LogP contribution in [-0.4, -0.2) is 15.5 Å². The Hall–Kier alpha value is -2.54. The maximum Gasteiger partial charge on any atom is 0.262 e. The number of fused-ring (bicyclic) bond motifs is 1. The van der Waals surface area contributed by atoms with Crippen molar-refractivity contribution < 1.29 is 9.18 Å². The van der Waals surface area contributed by atoms with Crippen molar-refractivity contribution in [3.05, 3.63) is 56.7 Å². The van der Waals surface area contributed by atoms with Crippen LogP contribution in [0.1, 0.15) is 22.4 Å². The summed E-state index contributed by atoms with van der Waals surface area (Å²) in [6, 6.07) is 4.19. The van der Waals surface area contributed by atoms with Crippen LogP contribution in [0.15, 0.2) is 29.3 Å². The van der Waals surface area contributed by atoms with Gasteiger partial charge in [0.1, 0.15) is 10.6 Å². The molecule has 0 saturated carbocycles. The summed E-state index contributed by atoms with van der Waals surface area (Å²) in [7, 11) is 0. The van der Waals surface area contributed by atoms with Crippen molar-refractivity contribution >= 4 is 33.1 Å². The second-order valence-corrected chi connectivity index (χ2v) is 7.17. The molecule has 2 heterocycles. The molecule has 2 aromatic heterocycles. The van der Waals surface area contributed by atoms with Gasteiger partial charge in [0.2, 0.25) is 5.91 Å². The number of nitrogens with one attached hydrogen (secondary N) is 1. The van der Waals surface area contributed by atoms with Gasteiger partial charge in [-0.05, 0) is 50.1 Å². The largest absolute Gasteiger partial charge is 0.326 e. The fourth-order valence-electron chi connectivity index (χ4n) is 2.63. The van der Waals surface area contributed by atoms with Gasteiger partial charge in [0, 0.05) is 23.5 Å². The van der Waals surface area contributed by atoms with Crippen molar-refractivity contribution in [1.82, 2.24) is 9.55 Å². The first-order chi connectivity index (χ1) is 11.9. The molecule has 0 fully saturated rings. The number of anilines is 1. The first kappa shape index (κ1) is 17.3. The Morgan fingerprint density at radius 1 is 1.32 bits per heavy atom. The highest BCUT2D eigenvalue weighted by molar-refractivity contribution is 7.18. The molecule has 0 aliphatic carbocycles. The number of aryl methyl sites for hydroxylation is 4. The molecule has 1 N–H and O–H groups in total. The maximum atomic E-state index is 13.1. The molecule has 130 valence electrons. The lowest BCUT2D eigenvalue weighted by Gasteiger charge is -2.09. The summed E-state index contributed by atoms with van der Waals surface area (Å²) in [5.74, 6) is -0.581. The predicted octanol–water partition coefficient (Wildman–Crippen LogP) is 3.55. The second kappa shape index (κ2) is 6.76. The summed E-state index contributed by atoms with van der Waals surface area (Å²) in [6.07, 6.45) is 1.61. The predicted molar refractivity (Wildman–Crippen MR) is 97.7 cm³/mol. The molecule has 0 aliphatic heterocycles. The van der Waals surface area contributed by atoms with E-state index < -0.39 is 0 Å². The third-order valence-corrected chi connectivity index (χ3v) is 5.31. The lowest BCUT2D eigenvalue weighted by molar-refractivity contribution is -0.116. The first-order valence-corrected chi connectivity index (χ1v) is 8.69. The van der Waals surface area contributed by atoms with E-state index in [4.69, 9.17) is 0 Å². The van der Waals surface area contributed by atoms with Crippen LogP contribution >= 0.6 is 11.3 Å². The number of nitrogens with zero attached hydrogens (tertiary/aromatic N) is 2. The van der Waals surface area contributed by atoms with Gasteiger partial charge in [-0.15, -0.1) is 11.3 Å². The topological polar surface area (TPSA) is 64.0 Å². The average Bonchev–Trinajstić information content (AvgIpc) is 2.85. The first-order valence-electron chi connectivity index (χ1n) is 7.88. The van der Waals surface area contributed by atoms with E-state index in [1.807, 2.05) is 13.8 Å². The fourth-order valence-corrected chi connectivity index (χ4v) is 3.62. The Morgan fingerprint density at radius 2 is 2.08 bits per heavy atom. The normalized spacial score (nSPS) is 11.0. The minimum Gasteiger partial charge on any atom is -0.326 e. The Kier molecular flexibility index (Phi) is 4.67. The van der Waals surface area contributed by atoms with Gasteiger partial charge in [0.05, 0.1) is 11.7 Å². The van der Waals surface area contributed by atoms with Crippen molar-refractivity contribution in [3.8, 4) is 0 Å². The molecule has 25 heavy (non-hydrogen) atoms. The molecule has 5 nitrogen and oxygen atoms in total. The number of hydrogen-bond acceptors (Lipinski definition) is 4. The van der Waals surface area contributed by atoms with Crippen LogP contribution in [0.25, 0.3) is 10.2 Å². The SMILES string of the molecule is Cc1cc(F)ccc1NC(=O)CCn1cnc2sc(C)c(C)c2c1=O. The quantitative estimate of drug-likeness (QED) is 0.775. The van der Waals surface area contributed by atoms with Crippen molar-refractivity contribution in [2.75, 3.05) is 5.32 Å². The van der Waals surface area contributed by atoms with Gasteiger partial charge in [-0.3, -0.25) is 14.2 Å². The standard InChI is InChI=1S/C18H18FN3O2S/c1-10-8-13(19)4-5-14(10)21-15(23)6-7-22-9-20-17-16(18(22)24)11(2)12(3)25-17/h4-5,8-9H,6-7H2,1-3H3,(H,21,23). The van der Waals surface area contributed by atoms with Crippen molar-refractivity contribution in [3.63, 3.8) is 0 Å². The Morgan fingerprint density at radius 3 is 2.80 bits per heavy atom. The van der Waals surface area contributed by atoms with Crippen LogP contribution in [0.2, 0.25) is 0 Å². The molecular weight excluding hydrogens is 341 g/mol. The van der Waals surface area contributed by atoms with E-state index in [2.05, 4.69) is 10.3 Å². The minimum atomic E-state index is -0.345. The smallest absolute Gasteiger partial charge is 0.262 e. The highest BCUT2D eigenvalue weighted by Crippen LogP contribution is 2.25. The van der Waals surface area contributed by atoms with Crippen LogP contribution in [0.5, 0.6) is 0 Å². The van der Waals surface area contributed by atoms with Gasteiger partial charge in [-0.25, -0.2) is 9.37 Å². The molecule has 1 aromatic carbocycles. The van der Waals surface area contributed by atoms with E-state index in [1.165, 1.54) is 40.4 Å². The van der Waals surface area contributed by atoms with E-state index in [9.17, 15) is 14.0 Å². The van der Waals surface area contributed by atoms with Crippen LogP contribution < -0.4 is 10.9 Å². The lowest BCUT2D eigenvalue weighted by atomic mass is 10.2. The number of carbonyl (C=O) groups excluding carboxylic acids is 1. The highest BCUT2D eigenvalue weighted by atomic mass is 32.1. The van der Waals surface area contributed by atoms with E-state index >= 15 is 0 Å². The van der Waals surface area contributed by atoms with E-state index in [-0.39, 0.29) is 30.2 Å². The molecule has 0 radical (unpaired) electrons. The monoisotopic (exact) mass is 359 g/mol. The van der Waals surface area contributed by atoms with Gasteiger partial charge in [0.25, 0.3) is 5.56 Å². The Labute approximate surface area is 148 Å². The molecule has 0 saturated heterocycles. The third kappa shape index (κ3) is 3.46. The Bertz CT molecular complexity index is 1020. The average molecular weight is 359 g/mol. The van der Waals surface area contributed by atoms with E-state index in [1.54, 1.807) is 6.92 Å². The molecule has 3 aromatic rings. The van der Waals surface area contributed by atoms with Crippen molar-refractivity contribution in [2.24, 2.45) is 0 Å². The summed E-state index contributed by atoms with van der Waals surface area (Å²) in [5.41, 5.74) is 2.03. The van der Waals surface area contributed by atoms with Gasteiger partial charge in [-0.2, -0.15) is 0 Å². The number of carbonyl (C=O) groups is 1. The van der Waals surface area contributed by atoms with Gasteiger partial charge < -0.3 is 5.32 Å². The summed E-state index contributed by atoms with van der Waals surface area (Å²) in [6.45, 7) is 5.83. The molecule has 0 bridgehead atoms. The number of thiophene rings is 1. The van der Waals surface area contributed by atoms with Crippen LogP contribution in [0.4, 0.5) is 10.1 Å². The van der Waals surface area contributed by atoms with Gasteiger partial charge in [-0.1, -0.05) is 0 Å². The lowest BCUT2D eigenvalue weighted by Crippen LogP contribution is -2.23. The zero-order valence-corrected chi connectivity index (χ0v) is 15.0. The Balaban J connectivity index is 1.74. The molecule has 0 atom stereocenters. The summed E-state index contributed by atoms with van der Waals surface area (Å²) < 4.78 is 14.6. The molecule has 7 heteroatoms. The number of rotatable bonds is 4. The number of halogens is 1. The van der Waals surface area contributed by atoms with Gasteiger partial charge >= 0.3 is 0 Å². The molecule has 0 unspecified atom stereocenters. The van der Waals surface area contributed by atoms with Crippen molar-refractivity contribution in [2.45, 2.75) is 33.7 Å². The minimum absolute atomic E-state index is 0.127. The van der Waals surface area contributed by atoms with E-state index in [0.717, 1.165) is 15.3 Å². The number of aromatic nitrogens is 2. The summed E-state index contributed by atoms with van der Waals surface area (Å²) in [5, 5.41) is 3.37. The van der Waals surface area contributed by atoms with Crippen LogP contribution in [0, 0.1) is 26.6 Å². The zero-order valence-electron chi connectivity index (χ0n) is 14.2. The maximum absolute atomic E-state index is 13.1. The van der Waals surface area contributed by atoms with Crippen molar-refractivity contribution in [1.29, 1.82) is 0 Å². The molecule has 1 amide bonds. The number of hydrogen-bond donors (Lipinski definition) is 1. The summed E-state index contributed by atoms with van der Waals surface area (Å²) in [4.78, 5) is 30.8. The fraction of sp³-hybridized carbons (Fsp3) is 0.278. The molecule has 3 rings (SSSR count). The molecular formula is C18H18FN3O2S. The molecule has 0 aliphatic rings. The number of benzene rings is 1. The van der Waals surface area contributed by atoms with Gasteiger partial charge in [0.15, 0.2) is 0 Å². The summed E-state index contributed by atoms with van der Waals surface area (Å²) >= 11 is 1.50. The van der Waals surface area contributed by atoms with Crippen LogP contribution in [-0.2, 0) is 11.3 Å². The highest BCUT2D eigenvalue weighted by Gasteiger charge is 2.13. The van der Waals surface area contributed by atoms with Crippen LogP contribution in [0.3, 0.4) is 0 Å². The van der Waals surface area contributed by atoms with E-state index in [0.29, 0.717) is 16.6 Å². The zero-order chi connectivity index (χ0) is 18.1. The number of amides is 1. The second-order valence-electron chi connectivity index (χ2n) is 5.96. The third-order valence-electron chi connectivity index (χ3n) is 4.20. The molecule has 0 spiro atoms.